The Kier molecular flexibility index (Phi) is 11.2. The van der Waals surface area contributed by atoms with Gasteiger partial charge in [-0.25, -0.2) is 0 Å². The minimum atomic E-state index is -4.40. The van der Waals surface area contributed by atoms with Gasteiger partial charge in [-0.3, -0.25) is 9.59 Å². The first-order valence-corrected chi connectivity index (χ1v) is 8.70. The summed E-state index contributed by atoms with van der Waals surface area (Å²) in [6, 6.07) is 0. The average molecular weight is 368 g/mol. The third-order valence-corrected chi connectivity index (χ3v) is 3.59. The second-order valence-corrected chi connectivity index (χ2v) is 5.80. The Morgan fingerprint density at radius 2 is 1.65 bits per heavy atom. The van der Waals surface area contributed by atoms with Gasteiger partial charge in [-0.1, -0.05) is 50.6 Å². The molecule has 5 heteroatoms. The number of unbranched alkanes of at least 4 members (excludes halogenated alkanes) is 1. The van der Waals surface area contributed by atoms with E-state index in [4.69, 9.17) is 0 Å². The van der Waals surface area contributed by atoms with Crippen LogP contribution in [0.3, 0.4) is 0 Å². The van der Waals surface area contributed by atoms with Gasteiger partial charge in [0.15, 0.2) is 12.1 Å². The second kappa shape index (κ2) is 12.2. The first kappa shape index (κ1) is 23.8. The molecule has 0 N–H and O–H groups in total. The summed E-state index contributed by atoms with van der Waals surface area (Å²) < 4.78 is 38.1. The third-order valence-electron chi connectivity index (χ3n) is 3.59. The SMILES string of the molecule is C/C=C(\C=C(/C=O)C(=O)CCC)C(/C=C\CCC)=C/C=C(\C)C(F)(F)F. The van der Waals surface area contributed by atoms with Crippen LogP contribution in [0.5, 0.6) is 0 Å². The lowest BCUT2D eigenvalue weighted by Gasteiger charge is -2.07. The topological polar surface area (TPSA) is 34.1 Å². The molecular formula is C21H27F3O2. The molecular weight excluding hydrogens is 341 g/mol. The molecule has 26 heavy (non-hydrogen) atoms. The molecule has 0 bridgehead atoms. The summed E-state index contributed by atoms with van der Waals surface area (Å²) in [5.74, 6) is -0.277. The molecule has 0 aliphatic rings. The van der Waals surface area contributed by atoms with E-state index in [0.717, 1.165) is 25.8 Å². The van der Waals surface area contributed by atoms with Crippen molar-refractivity contribution >= 4 is 12.1 Å². The predicted octanol–water partition coefficient (Wildman–Crippen LogP) is 6.22. The van der Waals surface area contributed by atoms with Crippen molar-refractivity contribution in [2.75, 3.05) is 0 Å². The van der Waals surface area contributed by atoms with Crippen LogP contribution in [0, 0.1) is 0 Å². The van der Waals surface area contributed by atoms with Crippen molar-refractivity contribution in [2.24, 2.45) is 0 Å². The highest BCUT2D eigenvalue weighted by Crippen LogP contribution is 2.26. The zero-order chi connectivity index (χ0) is 20.2. The van der Waals surface area contributed by atoms with E-state index in [-0.39, 0.29) is 17.8 Å². The highest BCUT2D eigenvalue weighted by molar-refractivity contribution is 6.12. The highest BCUT2D eigenvalue weighted by atomic mass is 19.4. The standard InChI is InChI=1S/C21H27F3O2/c1-5-8-9-11-18(13-12-16(4)21(22,23)24)17(7-3)14-19(15-25)20(26)10-6-2/h7,9,11-15H,5-6,8,10H2,1-4H3/b11-9-,16-12+,17-7+,18-13+,19-14+. The van der Waals surface area contributed by atoms with Gasteiger partial charge in [0.05, 0.1) is 5.57 Å². The van der Waals surface area contributed by atoms with Gasteiger partial charge in [-0.2, -0.15) is 13.2 Å². The molecule has 0 aromatic rings. The van der Waals surface area contributed by atoms with E-state index in [1.807, 2.05) is 19.9 Å². The number of carbonyl (C=O) groups excluding carboxylic acids is 2. The number of Topliss-reactive ketones (excluding diaryl/α,β-unsaturated/α-hetero) is 1. The van der Waals surface area contributed by atoms with Crippen LogP contribution in [0.25, 0.3) is 0 Å². The van der Waals surface area contributed by atoms with Crippen molar-refractivity contribution in [3.8, 4) is 0 Å². The Morgan fingerprint density at radius 3 is 2.12 bits per heavy atom. The predicted molar refractivity (Wildman–Crippen MR) is 99.8 cm³/mol. The van der Waals surface area contributed by atoms with Gasteiger partial charge in [-0.05, 0) is 43.9 Å². The maximum absolute atomic E-state index is 12.7. The molecule has 0 aromatic heterocycles. The number of halogens is 3. The fraction of sp³-hybridized carbons (Fsp3) is 0.429. The molecule has 0 heterocycles. The van der Waals surface area contributed by atoms with Crippen LogP contribution in [0.1, 0.15) is 53.4 Å². The van der Waals surface area contributed by atoms with Crippen molar-refractivity contribution in [3.63, 3.8) is 0 Å². The summed E-state index contributed by atoms with van der Waals surface area (Å²) in [5, 5.41) is 0. The number of aldehydes is 1. The number of hydrogen-bond acceptors (Lipinski definition) is 2. The quantitative estimate of drug-likeness (QED) is 0.151. The molecule has 0 aliphatic heterocycles. The Labute approximate surface area is 153 Å². The lowest BCUT2D eigenvalue weighted by molar-refractivity contribution is -0.117. The van der Waals surface area contributed by atoms with E-state index in [9.17, 15) is 22.8 Å². The fourth-order valence-corrected chi connectivity index (χ4v) is 1.99. The first-order chi connectivity index (χ1) is 12.2. The summed E-state index contributed by atoms with van der Waals surface area (Å²) in [7, 11) is 0. The van der Waals surface area contributed by atoms with Crippen LogP contribution in [0.2, 0.25) is 0 Å². The summed E-state index contributed by atoms with van der Waals surface area (Å²) in [6.07, 6.45) is 7.65. The maximum Gasteiger partial charge on any atom is 0.412 e. The molecule has 2 nitrogen and oxygen atoms in total. The molecule has 144 valence electrons. The van der Waals surface area contributed by atoms with Crippen molar-refractivity contribution in [2.45, 2.75) is 59.6 Å². The number of alkyl halides is 3. The summed E-state index contributed by atoms with van der Waals surface area (Å²) in [5.41, 5.74) is 0.325. The number of rotatable bonds is 10. The van der Waals surface area contributed by atoms with E-state index in [0.29, 0.717) is 23.9 Å². The lowest BCUT2D eigenvalue weighted by Crippen LogP contribution is -2.08. The van der Waals surface area contributed by atoms with Gasteiger partial charge in [0.25, 0.3) is 0 Å². The number of carbonyl (C=O) groups is 2. The highest BCUT2D eigenvalue weighted by Gasteiger charge is 2.29. The van der Waals surface area contributed by atoms with E-state index < -0.39 is 11.7 Å². The minimum absolute atomic E-state index is 0.0197. The van der Waals surface area contributed by atoms with Gasteiger partial charge in [0, 0.05) is 12.0 Å². The normalized spacial score (nSPS) is 14.9. The second-order valence-electron chi connectivity index (χ2n) is 5.80. The smallest absolute Gasteiger partial charge is 0.298 e. The zero-order valence-corrected chi connectivity index (χ0v) is 15.8. The molecule has 0 saturated carbocycles. The van der Waals surface area contributed by atoms with Crippen molar-refractivity contribution < 1.29 is 22.8 Å². The van der Waals surface area contributed by atoms with E-state index >= 15 is 0 Å². The van der Waals surface area contributed by atoms with Crippen LogP contribution >= 0.6 is 0 Å². The van der Waals surface area contributed by atoms with Gasteiger partial charge in [0.2, 0.25) is 0 Å². The number of allylic oxidation sites excluding steroid dienone is 10. The Morgan fingerprint density at radius 1 is 1.00 bits per heavy atom. The van der Waals surface area contributed by atoms with Crippen molar-refractivity contribution in [1.29, 1.82) is 0 Å². The van der Waals surface area contributed by atoms with E-state index in [2.05, 4.69) is 0 Å². The molecule has 0 amide bonds. The van der Waals surface area contributed by atoms with Gasteiger partial charge in [-0.15, -0.1) is 0 Å². The van der Waals surface area contributed by atoms with Crippen LogP contribution in [0.15, 0.2) is 58.7 Å². The third kappa shape index (κ3) is 8.79. The van der Waals surface area contributed by atoms with Gasteiger partial charge < -0.3 is 0 Å². The molecule has 0 radical (unpaired) electrons. The molecule has 0 aromatic carbocycles. The molecule has 0 fully saturated rings. The summed E-state index contributed by atoms with van der Waals surface area (Å²) in [4.78, 5) is 23.2. The summed E-state index contributed by atoms with van der Waals surface area (Å²) >= 11 is 0. The van der Waals surface area contributed by atoms with Gasteiger partial charge in [0.1, 0.15) is 0 Å². The van der Waals surface area contributed by atoms with Crippen molar-refractivity contribution in [1.82, 2.24) is 0 Å². The fourth-order valence-electron chi connectivity index (χ4n) is 1.99. The Hall–Kier alpha value is -2.17. The lowest BCUT2D eigenvalue weighted by atomic mass is 9.98. The monoisotopic (exact) mass is 368 g/mol. The Bertz CT molecular complexity index is 630. The first-order valence-electron chi connectivity index (χ1n) is 8.70. The number of hydrogen-bond donors (Lipinski definition) is 0. The average Bonchev–Trinajstić information content (AvgIpc) is 2.58. The zero-order valence-electron chi connectivity index (χ0n) is 15.8. The number of ketones is 1. The Balaban J connectivity index is 5.98. The van der Waals surface area contributed by atoms with Crippen LogP contribution < -0.4 is 0 Å². The molecule has 0 unspecified atom stereocenters. The summed E-state index contributed by atoms with van der Waals surface area (Å²) in [6.45, 7) is 6.53. The van der Waals surface area contributed by atoms with Crippen LogP contribution in [0.4, 0.5) is 13.2 Å². The molecule has 0 rings (SSSR count). The van der Waals surface area contributed by atoms with E-state index in [1.54, 1.807) is 19.1 Å². The van der Waals surface area contributed by atoms with Crippen LogP contribution in [-0.4, -0.2) is 18.2 Å². The molecule has 0 aliphatic carbocycles. The molecule has 0 saturated heterocycles. The van der Waals surface area contributed by atoms with Crippen molar-refractivity contribution in [3.05, 3.63) is 58.7 Å². The maximum atomic E-state index is 12.7. The van der Waals surface area contributed by atoms with Gasteiger partial charge >= 0.3 is 6.18 Å². The molecule has 0 atom stereocenters. The van der Waals surface area contributed by atoms with E-state index in [1.165, 1.54) is 12.2 Å². The minimum Gasteiger partial charge on any atom is -0.298 e. The molecule has 0 spiro atoms. The van der Waals surface area contributed by atoms with Crippen LogP contribution in [-0.2, 0) is 9.59 Å². The largest absolute Gasteiger partial charge is 0.412 e.